The minimum Gasteiger partial charge on any atom is -0.455 e. The summed E-state index contributed by atoms with van der Waals surface area (Å²) in [6.07, 6.45) is 0. The number of nitrogen functional groups attached to an aromatic ring is 1. The van der Waals surface area contributed by atoms with Gasteiger partial charge in [-0.3, -0.25) is 9.69 Å². The van der Waals surface area contributed by atoms with Gasteiger partial charge in [0.05, 0.1) is 27.7 Å². The number of nitrogens with zero attached hydrogens (tertiary/aromatic N) is 2. The average molecular weight is 454 g/mol. The lowest BCUT2D eigenvalue weighted by Gasteiger charge is -2.18. The third-order valence-electron chi connectivity index (χ3n) is 3.80. The van der Waals surface area contributed by atoms with Crippen LogP contribution in [-0.4, -0.2) is 16.9 Å². The highest BCUT2D eigenvalue weighted by atomic mass is 35.5. The fraction of sp³-hybridized carbons (Fsp3) is 0.105. The van der Waals surface area contributed by atoms with E-state index in [0.717, 1.165) is 16.2 Å². The van der Waals surface area contributed by atoms with Gasteiger partial charge in [0.1, 0.15) is 12.4 Å². The van der Waals surface area contributed by atoms with Crippen molar-refractivity contribution < 1.29 is 18.7 Å². The number of benzene rings is 2. The van der Waals surface area contributed by atoms with Crippen molar-refractivity contribution in [1.82, 2.24) is 4.98 Å². The maximum absolute atomic E-state index is 14.1. The lowest BCUT2D eigenvalue weighted by Crippen LogP contribution is -2.23. The first kappa shape index (κ1) is 21.0. The van der Waals surface area contributed by atoms with E-state index in [1.54, 1.807) is 11.4 Å². The zero-order valence-corrected chi connectivity index (χ0v) is 17.3. The molecular weight excluding hydrogens is 440 g/mol. The van der Waals surface area contributed by atoms with E-state index in [1.165, 1.54) is 37.3 Å². The van der Waals surface area contributed by atoms with E-state index in [4.69, 9.17) is 33.7 Å². The lowest BCUT2D eigenvalue weighted by atomic mass is 10.2. The van der Waals surface area contributed by atoms with Gasteiger partial charge in [0.2, 0.25) is 5.91 Å². The van der Waals surface area contributed by atoms with E-state index in [0.29, 0.717) is 5.69 Å². The number of para-hydroxylation sites is 1. The molecule has 0 fully saturated rings. The molecule has 0 saturated heterocycles. The Morgan fingerprint density at radius 1 is 1.28 bits per heavy atom. The summed E-state index contributed by atoms with van der Waals surface area (Å²) in [5.41, 5.74) is 6.35. The fourth-order valence-electron chi connectivity index (χ4n) is 2.48. The molecule has 0 atom stereocenters. The number of aromatic nitrogens is 1. The minimum absolute atomic E-state index is 0.0367. The monoisotopic (exact) mass is 453 g/mol. The summed E-state index contributed by atoms with van der Waals surface area (Å²) in [6, 6.07) is 8.64. The third kappa shape index (κ3) is 4.67. The quantitative estimate of drug-likeness (QED) is 0.423. The zero-order valence-electron chi connectivity index (χ0n) is 15.0. The van der Waals surface area contributed by atoms with Crippen LogP contribution in [0.25, 0.3) is 0 Å². The zero-order chi connectivity index (χ0) is 21.1. The van der Waals surface area contributed by atoms with Crippen molar-refractivity contribution in [2.75, 3.05) is 10.6 Å². The largest absolute Gasteiger partial charge is 0.455 e. The van der Waals surface area contributed by atoms with Crippen molar-refractivity contribution in [2.24, 2.45) is 0 Å². The van der Waals surface area contributed by atoms with Gasteiger partial charge in [-0.25, -0.2) is 14.2 Å². The molecule has 0 unspecified atom stereocenters. The molecule has 3 rings (SSSR count). The van der Waals surface area contributed by atoms with E-state index in [9.17, 15) is 14.0 Å². The summed E-state index contributed by atoms with van der Waals surface area (Å²) in [7, 11) is 0. The SMILES string of the molecule is CC(=O)N(c1nc(COC(=O)c2cc(Cl)cc(Cl)c2N)cs1)c1ccccc1F. The Labute approximate surface area is 179 Å². The van der Waals surface area contributed by atoms with Crippen molar-refractivity contribution in [3.8, 4) is 0 Å². The lowest BCUT2D eigenvalue weighted by molar-refractivity contribution is -0.115. The number of esters is 1. The number of ether oxygens (including phenoxy) is 1. The molecule has 1 amide bonds. The van der Waals surface area contributed by atoms with Gasteiger partial charge >= 0.3 is 5.97 Å². The number of hydrogen-bond donors (Lipinski definition) is 1. The van der Waals surface area contributed by atoms with Crippen LogP contribution in [0.4, 0.5) is 20.9 Å². The third-order valence-corrected chi connectivity index (χ3v) is 5.21. The number of carbonyl (C=O) groups excluding carboxylic acids is 2. The second kappa shape index (κ2) is 8.77. The first-order chi connectivity index (χ1) is 13.8. The molecule has 0 spiro atoms. The van der Waals surface area contributed by atoms with E-state index < -0.39 is 17.7 Å². The van der Waals surface area contributed by atoms with Crippen molar-refractivity contribution in [1.29, 1.82) is 0 Å². The Morgan fingerprint density at radius 2 is 2.00 bits per heavy atom. The molecule has 0 bridgehead atoms. The van der Waals surface area contributed by atoms with Crippen molar-refractivity contribution >= 4 is 62.9 Å². The molecule has 29 heavy (non-hydrogen) atoms. The Bertz CT molecular complexity index is 1090. The number of rotatable bonds is 5. The molecular formula is C19H14Cl2FN3O3S. The summed E-state index contributed by atoms with van der Waals surface area (Å²) < 4.78 is 19.3. The molecule has 6 nitrogen and oxygen atoms in total. The van der Waals surface area contributed by atoms with Crippen LogP contribution in [0.3, 0.4) is 0 Å². The van der Waals surface area contributed by atoms with Crippen molar-refractivity contribution in [3.63, 3.8) is 0 Å². The average Bonchev–Trinajstić information content (AvgIpc) is 3.12. The van der Waals surface area contributed by atoms with Gasteiger partial charge in [-0.1, -0.05) is 35.3 Å². The van der Waals surface area contributed by atoms with Crippen LogP contribution >= 0.6 is 34.5 Å². The van der Waals surface area contributed by atoms with E-state index in [2.05, 4.69) is 4.98 Å². The summed E-state index contributed by atoms with van der Waals surface area (Å²) in [6.45, 7) is 1.13. The van der Waals surface area contributed by atoms with Gasteiger partial charge in [-0.2, -0.15) is 0 Å². The molecule has 1 aromatic heterocycles. The van der Waals surface area contributed by atoms with Crippen LogP contribution in [0.5, 0.6) is 0 Å². The van der Waals surface area contributed by atoms with Crippen LogP contribution in [0.1, 0.15) is 23.0 Å². The Balaban J connectivity index is 1.77. The highest BCUT2D eigenvalue weighted by molar-refractivity contribution is 7.14. The van der Waals surface area contributed by atoms with Crippen molar-refractivity contribution in [3.05, 3.63) is 68.9 Å². The first-order valence-corrected chi connectivity index (χ1v) is 9.82. The summed E-state index contributed by atoms with van der Waals surface area (Å²) in [5.74, 6) is -1.69. The van der Waals surface area contributed by atoms with Crippen molar-refractivity contribution in [2.45, 2.75) is 13.5 Å². The summed E-state index contributed by atoms with van der Waals surface area (Å²) in [5, 5.41) is 2.24. The van der Waals surface area contributed by atoms with Crippen LogP contribution in [0.2, 0.25) is 10.0 Å². The molecule has 10 heteroatoms. The smallest absolute Gasteiger partial charge is 0.340 e. The van der Waals surface area contributed by atoms with Crippen LogP contribution in [0.15, 0.2) is 41.8 Å². The number of amides is 1. The van der Waals surface area contributed by atoms with Crippen LogP contribution in [-0.2, 0) is 16.1 Å². The molecule has 0 aliphatic carbocycles. The minimum atomic E-state index is -0.723. The van der Waals surface area contributed by atoms with Gasteiger partial charge < -0.3 is 10.5 Å². The van der Waals surface area contributed by atoms with Crippen LogP contribution < -0.4 is 10.6 Å². The predicted molar refractivity (Wildman–Crippen MR) is 111 cm³/mol. The van der Waals surface area contributed by atoms with E-state index >= 15 is 0 Å². The maximum Gasteiger partial charge on any atom is 0.340 e. The van der Waals surface area contributed by atoms with Gasteiger partial charge in [-0.05, 0) is 24.3 Å². The fourth-order valence-corrected chi connectivity index (χ4v) is 3.83. The number of hydrogen-bond acceptors (Lipinski definition) is 6. The Kier molecular flexibility index (Phi) is 6.36. The number of halogens is 3. The molecule has 1 heterocycles. The number of thiazole rings is 1. The van der Waals surface area contributed by atoms with E-state index in [-0.39, 0.29) is 38.7 Å². The maximum atomic E-state index is 14.1. The van der Waals surface area contributed by atoms with E-state index in [1.807, 2.05) is 0 Å². The summed E-state index contributed by atoms with van der Waals surface area (Å²) >= 11 is 12.9. The second-order valence-electron chi connectivity index (χ2n) is 5.85. The van der Waals surface area contributed by atoms with Gasteiger partial charge in [-0.15, -0.1) is 11.3 Å². The number of anilines is 3. The molecule has 2 N–H and O–H groups in total. The molecule has 0 aliphatic rings. The molecule has 3 aromatic rings. The second-order valence-corrected chi connectivity index (χ2v) is 7.53. The van der Waals surface area contributed by atoms with Gasteiger partial charge in [0.15, 0.2) is 5.13 Å². The predicted octanol–water partition coefficient (Wildman–Crippen LogP) is 5.21. The van der Waals surface area contributed by atoms with Gasteiger partial charge in [0, 0.05) is 17.3 Å². The first-order valence-electron chi connectivity index (χ1n) is 8.19. The standard InChI is InChI=1S/C19H14Cl2FN3O3S/c1-10(26)25(16-5-3-2-4-15(16)22)19-24-12(9-29-19)8-28-18(27)13-6-11(20)7-14(21)17(13)23/h2-7,9H,8,23H2,1H3. The Hall–Kier alpha value is -2.68. The molecule has 0 saturated carbocycles. The Morgan fingerprint density at radius 3 is 2.69 bits per heavy atom. The number of carbonyl (C=O) groups is 2. The molecule has 2 aromatic carbocycles. The normalized spacial score (nSPS) is 10.6. The summed E-state index contributed by atoms with van der Waals surface area (Å²) in [4.78, 5) is 29.8. The van der Waals surface area contributed by atoms with Crippen LogP contribution in [0, 0.1) is 5.82 Å². The molecule has 0 radical (unpaired) electrons. The topological polar surface area (TPSA) is 85.5 Å². The highest BCUT2D eigenvalue weighted by Crippen LogP contribution is 2.31. The molecule has 0 aliphatic heterocycles. The molecule has 150 valence electrons. The highest BCUT2D eigenvalue weighted by Gasteiger charge is 2.21. The number of nitrogens with two attached hydrogens (primary N) is 1. The van der Waals surface area contributed by atoms with Gasteiger partial charge in [0.25, 0.3) is 0 Å².